The molecule has 0 saturated carbocycles. The minimum absolute atomic E-state index is 0.0125. The fourth-order valence-electron chi connectivity index (χ4n) is 2.29. The number of aromatic nitrogens is 1. The Morgan fingerprint density at radius 1 is 1.24 bits per heavy atom. The van der Waals surface area contributed by atoms with Gasteiger partial charge in [0, 0.05) is 37.0 Å². The van der Waals surface area contributed by atoms with Crippen LogP contribution >= 0.6 is 0 Å². The normalized spacial score (nSPS) is 15.1. The number of pyridine rings is 1. The van der Waals surface area contributed by atoms with E-state index >= 15 is 0 Å². The lowest BCUT2D eigenvalue weighted by Gasteiger charge is -2.26. The summed E-state index contributed by atoms with van der Waals surface area (Å²) in [5.74, 6) is 0.0125. The number of nitrogens with zero attached hydrogens (tertiary/aromatic N) is 2. The summed E-state index contributed by atoms with van der Waals surface area (Å²) < 4.78 is 5.41. The topological polar surface area (TPSA) is 59.5 Å². The van der Waals surface area contributed by atoms with Crippen LogP contribution in [0.1, 0.15) is 49.3 Å². The maximum Gasteiger partial charge on any atom is 0.410 e. The lowest BCUT2D eigenvalue weighted by molar-refractivity contribution is 0.0258. The molecule has 0 aromatic carbocycles. The van der Waals surface area contributed by atoms with Crippen molar-refractivity contribution in [2.24, 2.45) is 0 Å². The molecule has 1 aromatic rings. The van der Waals surface area contributed by atoms with Crippen molar-refractivity contribution >= 4 is 11.9 Å². The van der Waals surface area contributed by atoms with Gasteiger partial charge in [0.1, 0.15) is 5.60 Å². The molecule has 1 amide bonds. The van der Waals surface area contributed by atoms with E-state index in [4.69, 9.17) is 4.74 Å². The van der Waals surface area contributed by atoms with E-state index < -0.39 is 5.60 Å². The van der Waals surface area contributed by atoms with Gasteiger partial charge in [0.05, 0.1) is 0 Å². The van der Waals surface area contributed by atoms with Crippen LogP contribution in [0.5, 0.6) is 0 Å². The third-order valence-corrected chi connectivity index (χ3v) is 3.39. The van der Waals surface area contributed by atoms with Crippen molar-refractivity contribution in [2.45, 2.75) is 46.1 Å². The van der Waals surface area contributed by atoms with E-state index in [0.717, 1.165) is 11.3 Å². The van der Waals surface area contributed by atoms with E-state index in [9.17, 15) is 9.59 Å². The van der Waals surface area contributed by atoms with Crippen molar-refractivity contribution in [3.63, 3.8) is 0 Å². The van der Waals surface area contributed by atoms with Gasteiger partial charge in [-0.25, -0.2) is 4.79 Å². The molecule has 0 radical (unpaired) electrons. The van der Waals surface area contributed by atoms with Crippen molar-refractivity contribution in [3.8, 4) is 0 Å². The Morgan fingerprint density at radius 3 is 2.52 bits per heavy atom. The molecule has 5 nitrogen and oxygen atoms in total. The largest absolute Gasteiger partial charge is 0.444 e. The quantitative estimate of drug-likeness (QED) is 0.746. The van der Waals surface area contributed by atoms with Crippen molar-refractivity contribution < 1.29 is 14.3 Å². The molecular weight excluding hydrogens is 268 g/mol. The summed E-state index contributed by atoms with van der Waals surface area (Å²) >= 11 is 0. The van der Waals surface area contributed by atoms with E-state index in [2.05, 4.69) is 4.98 Å². The number of fused-ring (bicyclic) bond motifs is 1. The second-order valence-corrected chi connectivity index (χ2v) is 6.35. The van der Waals surface area contributed by atoms with Crippen LogP contribution in [-0.4, -0.2) is 40.5 Å². The molecule has 5 heteroatoms. The predicted octanol–water partition coefficient (Wildman–Crippen LogP) is 2.62. The monoisotopic (exact) mass is 290 g/mol. The third kappa shape index (κ3) is 4.03. The summed E-state index contributed by atoms with van der Waals surface area (Å²) in [5, 5.41) is 0. The Hall–Kier alpha value is -1.91. The Morgan fingerprint density at radius 2 is 1.90 bits per heavy atom. The Bertz CT molecular complexity index is 561. The zero-order chi connectivity index (χ0) is 15.6. The van der Waals surface area contributed by atoms with Gasteiger partial charge in [-0.05, 0) is 45.7 Å². The van der Waals surface area contributed by atoms with Gasteiger partial charge in [0.25, 0.3) is 0 Å². The molecule has 0 aliphatic carbocycles. The molecule has 0 spiro atoms. The van der Waals surface area contributed by atoms with E-state index in [1.807, 2.05) is 26.8 Å². The number of rotatable bonds is 1. The SMILES string of the molecule is CC(=O)c1cnc2c(c1)CCN(C(=O)OC(C)(C)C)CC2. The Kier molecular flexibility index (Phi) is 4.30. The number of Topliss-reactive ketones (excluding diaryl/α,β-unsaturated/α-hetero) is 1. The van der Waals surface area contributed by atoms with Crippen LogP contribution in [0.15, 0.2) is 12.3 Å². The molecule has 0 unspecified atom stereocenters. The first-order valence-electron chi connectivity index (χ1n) is 7.23. The van der Waals surface area contributed by atoms with Gasteiger partial charge in [-0.15, -0.1) is 0 Å². The van der Waals surface area contributed by atoms with Crippen LogP contribution in [0.3, 0.4) is 0 Å². The molecule has 1 aliphatic rings. The zero-order valence-corrected chi connectivity index (χ0v) is 13.1. The first-order chi connectivity index (χ1) is 9.76. The van der Waals surface area contributed by atoms with Crippen molar-refractivity contribution in [3.05, 3.63) is 29.1 Å². The summed E-state index contributed by atoms with van der Waals surface area (Å²) in [4.78, 5) is 29.6. The van der Waals surface area contributed by atoms with Gasteiger partial charge in [0.2, 0.25) is 0 Å². The van der Waals surface area contributed by atoms with E-state index in [1.165, 1.54) is 6.92 Å². The predicted molar refractivity (Wildman–Crippen MR) is 79.5 cm³/mol. The van der Waals surface area contributed by atoms with Crippen molar-refractivity contribution in [1.29, 1.82) is 0 Å². The molecule has 2 heterocycles. The first-order valence-corrected chi connectivity index (χ1v) is 7.23. The average molecular weight is 290 g/mol. The second kappa shape index (κ2) is 5.84. The summed E-state index contributed by atoms with van der Waals surface area (Å²) in [6, 6.07) is 1.89. The number of hydrogen-bond acceptors (Lipinski definition) is 4. The second-order valence-electron chi connectivity index (χ2n) is 6.35. The fourth-order valence-corrected chi connectivity index (χ4v) is 2.29. The lowest BCUT2D eigenvalue weighted by Crippen LogP contribution is -2.38. The van der Waals surface area contributed by atoms with E-state index in [1.54, 1.807) is 11.1 Å². The Balaban J connectivity index is 2.10. The molecule has 0 fully saturated rings. The molecule has 1 aromatic heterocycles. The number of ketones is 1. The van der Waals surface area contributed by atoms with Gasteiger partial charge >= 0.3 is 6.09 Å². The standard InChI is InChI=1S/C16H22N2O3/c1-11(19)13-9-12-5-7-18(8-6-14(12)17-10-13)15(20)21-16(2,3)4/h9-10H,5-8H2,1-4H3. The highest BCUT2D eigenvalue weighted by Gasteiger charge is 2.24. The van der Waals surface area contributed by atoms with Crippen LogP contribution in [0.2, 0.25) is 0 Å². The fraction of sp³-hybridized carbons (Fsp3) is 0.562. The number of carbonyl (C=O) groups is 2. The minimum atomic E-state index is -0.490. The van der Waals surface area contributed by atoms with Crippen LogP contribution < -0.4 is 0 Å². The van der Waals surface area contributed by atoms with E-state index in [-0.39, 0.29) is 11.9 Å². The lowest BCUT2D eigenvalue weighted by atomic mass is 10.1. The summed E-state index contributed by atoms with van der Waals surface area (Å²) in [7, 11) is 0. The number of amides is 1. The number of hydrogen-bond donors (Lipinski definition) is 0. The number of ether oxygens (including phenoxy) is 1. The molecule has 0 bridgehead atoms. The molecule has 0 saturated heterocycles. The highest BCUT2D eigenvalue weighted by molar-refractivity contribution is 5.93. The molecule has 2 rings (SSSR count). The van der Waals surface area contributed by atoms with Gasteiger partial charge in [0.15, 0.2) is 5.78 Å². The molecule has 114 valence electrons. The molecule has 1 aliphatic heterocycles. The highest BCUT2D eigenvalue weighted by atomic mass is 16.6. The van der Waals surface area contributed by atoms with Gasteiger partial charge in [-0.2, -0.15) is 0 Å². The third-order valence-electron chi connectivity index (χ3n) is 3.39. The van der Waals surface area contributed by atoms with Crippen LogP contribution in [-0.2, 0) is 17.6 Å². The summed E-state index contributed by atoms with van der Waals surface area (Å²) in [6.45, 7) is 8.29. The summed E-state index contributed by atoms with van der Waals surface area (Å²) in [6.07, 6.45) is 2.71. The highest BCUT2D eigenvalue weighted by Crippen LogP contribution is 2.18. The first kappa shape index (κ1) is 15.5. The molecule has 0 atom stereocenters. The molecular formula is C16H22N2O3. The number of carbonyl (C=O) groups excluding carboxylic acids is 2. The van der Waals surface area contributed by atoms with Gasteiger partial charge in [-0.1, -0.05) is 0 Å². The minimum Gasteiger partial charge on any atom is -0.444 e. The van der Waals surface area contributed by atoms with Crippen molar-refractivity contribution in [1.82, 2.24) is 9.88 Å². The van der Waals surface area contributed by atoms with Gasteiger partial charge < -0.3 is 9.64 Å². The maximum atomic E-state index is 12.1. The zero-order valence-electron chi connectivity index (χ0n) is 13.1. The molecule has 0 N–H and O–H groups in total. The summed E-state index contributed by atoms with van der Waals surface area (Å²) in [5.41, 5.74) is 2.15. The average Bonchev–Trinajstić information content (AvgIpc) is 2.58. The van der Waals surface area contributed by atoms with Crippen molar-refractivity contribution in [2.75, 3.05) is 13.1 Å². The van der Waals surface area contributed by atoms with Crippen LogP contribution in [0.4, 0.5) is 4.79 Å². The van der Waals surface area contributed by atoms with Crippen LogP contribution in [0, 0.1) is 0 Å². The van der Waals surface area contributed by atoms with Crippen LogP contribution in [0.25, 0.3) is 0 Å². The van der Waals surface area contributed by atoms with E-state index in [0.29, 0.717) is 31.5 Å². The maximum absolute atomic E-state index is 12.1. The smallest absolute Gasteiger partial charge is 0.410 e. The Labute approximate surface area is 125 Å². The molecule has 21 heavy (non-hydrogen) atoms. The van der Waals surface area contributed by atoms with Gasteiger partial charge in [-0.3, -0.25) is 9.78 Å².